The van der Waals surface area contributed by atoms with E-state index in [1.165, 1.54) is 36.4 Å². The molecule has 1 aliphatic rings. The first-order chi connectivity index (χ1) is 13.0. The number of carbonyl (C=O) groups excluding carboxylic acids is 1. The summed E-state index contributed by atoms with van der Waals surface area (Å²) in [6.45, 7) is 1.97. The van der Waals surface area contributed by atoms with Crippen LogP contribution in [0.2, 0.25) is 0 Å². The Bertz CT molecular complexity index is 981. The molecule has 0 saturated carbocycles. The van der Waals surface area contributed by atoms with Crippen LogP contribution in [0, 0.1) is 0 Å². The Kier molecular flexibility index (Phi) is 5.59. The molecule has 1 aromatic carbocycles. The Hall–Kier alpha value is -3.09. The molecule has 2 aromatic rings. The molecule has 142 valence electrons. The highest BCUT2D eigenvalue weighted by atomic mass is 16.2. The average molecular weight is 368 g/mol. The van der Waals surface area contributed by atoms with Gasteiger partial charge in [0, 0.05) is 39.5 Å². The number of hydrogen-bond acceptors (Lipinski definition) is 4. The third-order valence-corrected chi connectivity index (χ3v) is 4.75. The SMILES string of the molecule is Cn1cc(/C=C/C(=O)Nc2ccccc2N2CCCCC2)c(=O)n(C)c1=O. The summed E-state index contributed by atoms with van der Waals surface area (Å²) >= 11 is 0. The lowest BCUT2D eigenvalue weighted by atomic mass is 10.1. The summed E-state index contributed by atoms with van der Waals surface area (Å²) in [7, 11) is 2.98. The molecule has 0 radical (unpaired) electrons. The van der Waals surface area contributed by atoms with Gasteiger partial charge in [-0.25, -0.2) is 4.79 Å². The van der Waals surface area contributed by atoms with Crippen LogP contribution in [0.15, 0.2) is 46.1 Å². The van der Waals surface area contributed by atoms with Gasteiger partial charge < -0.3 is 14.8 Å². The van der Waals surface area contributed by atoms with Crippen LogP contribution in [0.4, 0.5) is 11.4 Å². The number of hydrogen-bond donors (Lipinski definition) is 1. The van der Waals surface area contributed by atoms with Gasteiger partial charge in [0.25, 0.3) is 5.56 Å². The fourth-order valence-corrected chi connectivity index (χ4v) is 3.28. The van der Waals surface area contributed by atoms with Crippen LogP contribution in [0.1, 0.15) is 24.8 Å². The summed E-state index contributed by atoms with van der Waals surface area (Å²) in [5.41, 5.74) is 1.20. The first-order valence-electron chi connectivity index (χ1n) is 9.07. The van der Waals surface area contributed by atoms with E-state index in [0.717, 1.165) is 41.9 Å². The van der Waals surface area contributed by atoms with E-state index in [2.05, 4.69) is 10.2 Å². The molecule has 0 atom stereocenters. The molecule has 0 bridgehead atoms. The number of carbonyl (C=O) groups is 1. The van der Waals surface area contributed by atoms with E-state index in [1.54, 1.807) is 7.05 Å². The van der Waals surface area contributed by atoms with Gasteiger partial charge in [0.2, 0.25) is 5.91 Å². The van der Waals surface area contributed by atoms with Gasteiger partial charge in [-0.05, 0) is 37.5 Å². The van der Waals surface area contributed by atoms with E-state index in [4.69, 9.17) is 0 Å². The van der Waals surface area contributed by atoms with E-state index in [-0.39, 0.29) is 11.5 Å². The first-order valence-corrected chi connectivity index (χ1v) is 9.07. The molecule has 2 heterocycles. The van der Waals surface area contributed by atoms with Gasteiger partial charge in [0.05, 0.1) is 16.9 Å². The van der Waals surface area contributed by atoms with Gasteiger partial charge in [0.1, 0.15) is 0 Å². The van der Waals surface area contributed by atoms with E-state index in [1.807, 2.05) is 24.3 Å². The Morgan fingerprint density at radius 1 is 1.07 bits per heavy atom. The van der Waals surface area contributed by atoms with Gasteiger partial charge in [-0.3, -0.25) is 14.2 Å². The predicted molar refractivity (Wildman–Crippen MR) is 107 cm³/mol. The number of aryl methyl sites for hydroxylation is 1. The number of aromatic nitrogens is 2. The minimum absolute atomic E-state index is 0.277. The van der Waals surface area contributed by atoms with Crippen molar-refractivity contribution in [1.82, 2.24) is 9.13 Å². The molecule has 27 heavy (non-hydrogen) atoms. The number of nitrogens with zero attached hydrogens (tertiary/aromatic N) is 3. The fourth-order valence-electron chi connectivity index (χ4n) is 3.28. The molecule has 1 amide bonds. The Balaban J connectivity index is 1.78. The number of benzene rings is 1. The van der Waals surface area contributed by atoms with Crippen molar-refractivity contribution in [3.8, 4) is 0 Å². The lowest BCUT2D eigenvalue weighted by Gasteiger charge is -2.30. The molecule has 1 aromatic heterocycles. The number of nitrogens with one attached hydrogen (secondary N) is 1. The summed E-state index contributed by atoms with van der Waals surface area (Å²) in [6.07, 6.45) is 7.71. The normalized spacial score (nSPS) is 14.5. The van der Waals surface area contributed by atoms with Crippen LogP contribution >= 0.6 is 0 Å². The molecular formula is C20H24N4O3. The molecule has 0 unspecified atom stereocenters. The van der Waals surface area contributed by atoms with Gasteiger partial charge in [-0.2, -0.15) is 0 Å². The zero-order chi connectivity index (χ0) is 19.4. The van der Waals surface area contributed by atoms with Crippen molar-refractivity contribution in [2.24, 2.45) is 14.1 Å². The number of amides is 1. The highest BCUT2D eigenvalue weighted by molar-refractivity contribution is 6.03. The number of rotatable bonds is 4. The zero-order valence-corrected chi connectivity index (χ0v) is 15.6. The van der Waals surface area contributed by atoms with Crippen molar-refractivity contribution in [1.29, 1.82) is 0 Å². The van der Waals surface area contributed by atoms with Crippen molar-refractivity contribution in [2.45, 2.75) is 19.3 Å². The second-order valence-electron chi connectivity index (χ2n) is 6.73. The minimum atomic E-state index is -0.434. The smallest absolute Gasteiger partial charge is 0.330 e. The molecule has 1 aliphatic heterocycles. The third-order valence-electron chi connectivity index (χ3n) is 4.75. The first kappa shape index (κ1) is 18.7. The number of para-hydroxylation sites is 2. The van der Waals surface area contributed by atoms with Crippen molar-refractivity contribution >= 4 is 23.4 Å². The lowest BCUT2D eigenvalue weighted by Crippen LogP contribution is -2.37. The molecule has 7 nitrogen and oxygen atoms in total. The van der Waals surface area contributed by atoms with Crippen molar-refractivity contribution < 1.29 is 4.79 Å². The lowest BCUT2D eigenvalue weighted by molar-refractivity contribution is -0.111. The summed E-state index contributed by atoms with van der Waals surface area (Å²) in [6, 6.07) is 7.73. The van der Waals surface area contributed by atoms with Crippen LogP contribution in [-0.4, -0.2) is 28.1 Å². The fraction of sp³-hybridized carbons (Fsp3) is 0.350. The van der Waals surface area contributed by atoms with E-state index in [0.29, 0.717) is 0 Å². The van der Waals surface area contributed by atoms with Gasteiger partial charge in [-0.15, -0.1) is 0 Å². The molecule has 0 aliphatic carbocycles. The summed E-state index contributed by atoms with van der Waals surface area (Å²) in [5.74, 6) is -0.324. The van der Waals surface area contributed by atoms with Crippen LogP contribution in [0.3, 0.4) is 0 Å². The second kappa shape index (κ2) is 8.07. The van der Waals surface area contributed by atoms with Gasteiger partial charge in [0.15, 0.2) is 0 Å². The zero-order valence-electron chi connectivity index (χ0n) is 15.6. The second-order valence-corrected chi connectivity index (χ2v) is 6.73. The van der Waals surface area contributed by atoms with Crippen LogP contribution < -0.4 is 21.5 Å². The third kappa shape index (κ3) is 4.19. The minimum Gasteiger partial charge on any atom is -0.370 e. The van der Waals surface area contributed by atoms with Gasteiger partial charge >= 0.3 is 5.69 Å². The Morgan fingerprint density at radius 3 is 2.52 bits per heavy atom. The summed E-state index contributed by atoms with van der Waals surface area (Å²) in [5, 5.41) is 2.89. The van der Waals surface area contributed by atoms with E-state index < -0.39 is 11.2 Å². The van der Waals surface area contributed by atoms with Crippen LogP contribution in [0.25, 0.3) is 6.08 Å². The van der Waals surface area contributed by atoms with Crippen LogP contribution in [-0.2, 0) is 18.9 Å². The van der Waals surface area contributed by atoms with Crippen LogP contribution in [0.5, 0.6) is 0 Å². The van der Waals surface area contributed by atoms with Crippen molar-refractivity contribution in [2.75, 3.05) is 23.3 Å². The molecular weight excluding hydrogens is 344 g/mol. The monoisotopic (exact) mass is 368 g/mol. The quantitative estimate of drug-likeness (QED) is 0.834. The predicted octanol–water partition coefficient (Wildman–Crippen LogP) is 1.73. The molecule has 0 spiro atoms. The largest absolute Gasteiger partial charge is 0.370 e. The highest BCUT2D eigenvalue weighted by Gasteiger charge is 2.15. The molecule has 3 rings (SSSR count). The van der Waals surface area contributed by atoms with Crippen molar-refractivity contribution in [3.05, 3.63) is 62.9 Å². The Labute approximate surface area is 157 Å². The Morgan fingerprint density at radius 2 is 1.78 bits per heavy atom. The standard InChI is InChI=1S/C20H24N4O3/c1-22-14-15(19(26)23(2)20(22)27)10-11-18(25)21-16-8-4-5-9-17(16)24-12-6-3-7-13-24/h4-5,8-11,14H,3,6-7,12-13H2,1-2H3,(H,21,25)/b11-10+. The highest BCUT2D eigenvalue weighted by Crippen LogP contribution is 2.28. The number of piperidine rings is 1. The van der Waals surface area contributed by atoms with Crippen molar-refractivity contribution in [3.63, 3.8) is 0 Å². The topological polar surface area (TPSA) is 76.3 Å². The molecule has 1 fully saturated rings. The summed E-state index contributed by atoms with van der Waals surface area (Å²) in [4.78, 5) is 38.5. The van der Waals surface area contributed by atoms with E-state index in [9.17, 15) is 14.4 Å². The van der Waals surface area contributed by atoms with E-state index >= 15 is 0 Å². The molecule has 1 N–H and O–H groups in total. The summed E-state index contributed by atoms with van der Waals surface area (Å²) < 4.78 is 2.33. The molecule has 1 saturated heterocycles. The average Bonchev–Trinajstić information content (AvgIpc) is 2.69. The maximum atomic E-state index is 12.4. The maximum absolute atomic E-state index is 12.4. The maximum Gasteiger partial charge on any atom is 0.330 e. The van der Waals surface area contributed by atoms with Gasteiger partial charge in [-0.1, -0.05) is 12.1 Å². The molecule has 7 heteroatoms. The number of anilines is 2.